The Morgan fingerprint density at radius 3 is 2.75 bits per heavy atom. The molecule has 0 spiro atoms. The lowest BCUT2D eigenvalue weighted by Gasteiger charge is -2.37. The van der Waals surface area contributed by atoms with Crippen molar-refractivity contribution in [2.24, 2.45) is 5.92 Å². The number of benzene rings is 1. The van der Waals surface area contributed by atoms with Gasteiger partial charge < -0.3 is 19.5 Å². The lowest BCUT2D eigenvalue weighted by molar-refractivity contribution is -0.137. The molecule has 0 bridgehead atoms. The molecule has 1 fully saturated rings. The first kappa shape index (κ1) is 19.5. The molecule has 2 rings (SSSR count). The van der Waals surface area contributed by atoms with Crippen LogP contribution in [0.15, 0.2) is 18.2 Å². The van der Waals surface area contributed by atoms with Crippen LogP contribution in [0.1, 0.15) is 12.0 Å². The van der Waals surface area contributed by atoms with Crippen LogP contribution in [0.3, 0.4) is 0 Å². The van der Waals surface area contributed by atoms with Crippen molar-refractivity contribution in [3.63, 3.8) is 0 Å². The Kier molecular flexibility index (Phi) is 7.78. The van der Waals surface area contributed by atoms with E-state index in [1.165, 1.54) is 0 Å². The molecule has 0 radical (unpaired) electrons. The summed E-state index contributed by atoms with van der Waals surface area (Å²) in [6.07, 6.45) is 0.917. The maximum absolute atomic E-state index is 12.6. The summed E-state index contributed by atoms with van der Waals surface area (Å²) in [6, 6.07) is 5.20. The SMILES string of the molecule is COCCOC1CC(CO)CN(C(=O)Cc2ccc(Cl)c(Cl)c2)C1. The molecule has 7 heteroatoms. The van der Waals surface area contributed by atoms with Gasteiger partial charge in [0.25, 0.3) is 0 Å². The van der Waals surface area contributed by atoms with Gasteiger partial charge in [-0.1, -0.05) is 29.3 Å². The average Bonchev–Trinajstić information content (AvgIpc) is 2.58. The zero-order chi connectivity index (χ0) is 17.5. The second kappa shape index (κ2) is 9.59. The summed E-state index contributed by atoms with van der Waals surface area (Å²) >= 11 is 11.9. The van der Waals surface area contributed by atoms with E-state index < -0.39 is 0 Å². The number of nitrogens with zero attached hydrogens (tertiary/aromatic N) is 1. The predicted octanol–water partition coefficient (Wildman–Crippen LogP) is 2.41. The molecule has 2 unspecified atom stereocenters. The molecule has 1 aromatic rings. The Morgan fingerprint density at radius 1 is 1.29 bits per heavy atom. The molecule has 1 aromatic carbocycles. The minimum absolute atomic E-state index is 0.00752. The van der Waals surface area contributed by atoms with Crippen molar-refractivity contribution in [2.75, 3.05) is 40.0 Å². The highest BCUT2D eigenvalue weighted by molar-refractivity contribution is 6.42. The fraction of sp³-hybridized carbons (Fsp3) is 0.588. The predicted molar refractivity (Wildman–Crippen MR) is 93.6 cm³/mol. The van der Waals surface area contributed by atoms with E-state index in [9.17, 15) is 9.90 Å². The van der Waals surface area contributed by atoms with E-state index in [0.29, 0.717) is 36.3 Å². The van der Waals surface area contributed by atoms with Gasteiger partial charge in [0, 0.05) is 32.7 Å². The number of carbonyl (C=O) groups is 1. The number of hydrogen-bond donors (Lipinski definition) is 1. The fourth-order valence-corrected chi connectivity index (χ4v) is 3.16. The molecule has 1 saturated heterocycles. The monoisotopic (exact) mass is 375 g/mol. The number of hydrogen-bond acceptors (Lipinski definition) is 4. The van der Waals surface area contributed by atoms with Crippen LogP contribution in [-0.2, 0) is 20.7 Å². The Morgan fingerprint density at radius 2 is 2.08 bits per heavy atom. The van der Waals surface area contributed by atoms with Crippen molar-refractivity contribution in [1.29, 1.82) is 0 Å². The Bertz CT molecular complexity index is 555. The molecule has 1 amide bonds. The van der Waals surface area contributed by atoms with E-state index in [-0.39, 0.29) is 31.0 Å². The highest BCUT2D eigenvalue weighted by Gasteiger charge is 2.30. The van der Waals surface area contributed by atoms with E-state index in [1.807, 2.05) is 0 Å². The number of rotatable bonds is 7. The quantitative estimate of drug-likeness (QED) is 0.743. The van der Waals surface area contributed by atoms with E-state index >= 15 is 0 Å². The second-order valence-electron chi connectivity index (χ2n) is 5.99. The van der Waals surface area contributed by atoms with Crippen molar-refractivity contribution in [3.05, 3.63) is 33.8 Å². The van der Waals surface area contributed by atoms with Crippen molar-refractivity contribution in [1.82, 2.24) is 4.90 Å². The van der Waals surface area contributed by atoms with Gasteiger partial charge in [0.05, 0.1) is 35.8 Å². The summed E-state index contributed by atoms with van der Waals surface area (Å²) in [5, 5.41) is 10.4. The Balaban J connectivity index is 1.96. The van der Waals surface area contributed by atoms with Crippen molar-refractivity contribution in [2.45, 2.75) is 18.9 Å². The summed E-state index contributed by atoms with van der Waals surface area (Å²) in [6.45, 7) is 2.10. The minimum atomic E-state index is -0.0798. The van der Waals surface area contributed by atoms with Crippen LogP contribution in [0.25, 0.3) is 0 Å². The van der Waals surface area contributed by atoms with E-state index in [1.54, 1.807) is 30.2 Å². The summed E-state index contributed by atoms with van der Waals surface area (Å²) in [5.74, 6) is 0.0240. The van der Waals surface area contributed by atoms with E-state index in [4.69, 9.17) is 32.7 Å². The third-order valence-corrected chi connectivity index (χ3v) is 4.83. The van der Waals surface area contributed by atoms with Gasteiger partial charge in [-0.15, -0.1) is 0 Å². The van der Waals surface area contributed by atoms with E-state index in [2.05, 4.69) is 0 Å². The largest absolute Gasteiger partial charge is 0.396 e. The molecular formula is C17H23Cl2NO4. The number of aliphatic hydroxyl groups excluding tert-OH is 1. The number of aliphatic hydroxyl groups is 1. The van der Waals surface area contributed by atoms with Gasteiger partial charge in [0.2, 0.25) is 5.91 Å². The standard InChI is InChI=1S/C17H23Cl2NO4/c1-23-4-5-24-14-6-13(11-21)9-20(10-14)17(22)8-12-2-3-15(18)16(19)7-12/h2-3,7,13-14,21H,4-6,8-11H2,1H3. The molecular weight excluding hydrogens is 353 g/mol. The first-order chi connectivity index (χ1) is 11.5. The molecule has 24 heavy (non-hydrogen) atoms. The molecule has 0 saturated carbocycles. The van der Waals surface area contributed by atoms with Crippen LogP contribution in [0.4, 0.5) is 0 Å². The first-order valence-corrected chi connectivity index (χ1v) is 8.72. The summed E-state index contributed by atoms with van der Waals surface area (Å²) in [4.78, 5) is 14.3. The van der Waals surface area contributed by atoms with Crippen LogP contribution in [0.5, 0.6) is 0 Å². The van der Waals surface area contributed by atoms with Gasteiger partial charge in [-0.05, 0) is 24.1 Å². The number of piperidine rings is 1. The summed E-state index contributed by atoms with van der Waals surface area (Å²) in [5.41, 5.74) is 0.817. The van der Waals surface area contributed by atoms with Crippen molar-refractivity contribution in [3.8, 4) is 0 Å². The first-order valence-electron chi connectivity index (χ1n) is 7.96. The molecule has 0 aromatic heterocycles. The van der Waals surface area contributed by atoms with Gasteiger partial charge in [-0.25, -0.2) is 0 Å². The third kappa shape index (κ3) is 5.60. The smallest absolute Gasteiger partial charge is 0.227 e. The summed E-state index contributed by atoms with van der Waals surface area (Å²) in [7, 11) is 1.62. The number of halogens is 2. The molecule has 134 valence electrons. The van der Waals surface area contributed by atoms with Crippen LogP contribution in [-0.4, -0.2) is 62.0 Å². The average molecular weight is 376 g/mol. The number of methoxy groups -OCH3 is 1. The number of ether oxygens (including phenoxy) is 2. The zero-order valence-corrected chi connectivity index (χ0v) is 15.2. The molecule has 5 nitrogen and oxygen atoms in total. The lowest BCUT2D eigenvalue weighted by atomic mass is 9.96. The number of carbonyl (C=O) groups excluding carboxylic acids is 1. The summed E-state index contributed by atoms with van der Waals surface area (Å²) < 4.78 is 10.7. The highest BCUT2D eigenvalue weighted by atomic mass is 35.5. The van der Waals surface area contributed by atoms with Crippen molar-refractivity contribution >= 4 is 29.1 Å². The van der Waals surface area contributed by atoms with Crippen molar-refractivity contribution < 1.29 is 19.4 Å². The molecule has 2 atom stereocenters. The Hall–Kier alpha value is -0.850. The maximum Gasteiger partial charge on any atom is 0.227 e. The number of amides is 1. The van der Waals surface area contributed by atoms with Gasteiger partial charge in [-0.2, -0.15) is 0 Å². The third-order valence-electron chi connectivity index (χ3n) is 4.09. The van der Waals surface area contributed by atoms with E-state index in [0.717, 1.165) is 12.0 Å². The molecule has 1 heterocycles. The Labute approximate surface area is 152 Å². The zero-order valence-electron chi connectivity index (χ0n) is 13.7. The van der Waals surface area contributed by atoms with Gasteiger partial charge in [0.15, 0.2) is 0 Å². The molecule has 1 aliphatic rings. The van der Waals surface area contributed by atoms with Gasteiger partial charge in [-0.3, -0.25) is 4.79 Å². The maximum atomic E-state index is 12.6. The van der Waals surface area contributed by atoms with Gasteiger partial charge in [0.1, 0.15) is 0 Å². The molecule has 0 aliphatic carbocycles. The van der Waals surface area contributed by atoms with Gasteiger partial charge >= 0.3 is 0 Å². The van der Waals surface area contributed by atoms with Crippen LogP contribution in [0, 0.1) is 5.92 Å². The molecule has 1 N–H and O–H groups in total. The number of likely N-dealkylation sites (tertiary alicyclic amines) is 1. The second-order valence-corrected chi connectivity index (χ2v) is 6.81. The minimum Gasteiger partial charge on any atom is -0.396 e. The highest BCUT2D eigenvalue weighted by Crippen LogP contribution is 2.24. The fourth-order valence-electron chi connectivity index (χ4n) is 2.84. The van der Waals surface area contributed by atoms with Crippen LogP contribution < -0.4 is 0 Å². The topological polar surface area (TPSA) is 59.0 Å². The lowest BCUT2D eigenvalue weighted by Crippen LogP contribution is -2.48. The molecule has 1 aliphatic heterocycles. The normalized spacial score (nSPS) is 21.1. The van der Waals surface area contributed by atoms with Crippen LogP contribution >= 0.6 is 23.2 Å². The van der Waals surface area contributed by atoms with Crippen LogP contribution in [0.2, 0.25) is 10.0 Å².